The molecule has 0 bridgehead atoms. The summed E-state index contributed by atoms with van der Waals surface area (Å²) in [5.74, 6) is 1.41. The number of urea groups is 1. The molecule has 5 rings (SSSR count). The summed E-state index contributed by atoms with van der Waals surface area (Å²) < 4.78 is 55.4. The molecule has 2 saturated heterocycles. The molecule has 7 nitrogen and oxygen atoms in total. The standard InChI is InChI=1S/C29H36F3N3O4/c1-37-24-8-5-20(17-25(24)38-2)28-12-9-22(18-26(28)35(14-13-28)23-10-15-39-16-11-23)34-27(36)33-21-6-3-19(4-7-21)29(30,31)32/h3-8,17,22-23,26H,9-16,18H2,1-2H3,(H2,33,34,36)/t22-,26+,28-/m0/s1. The van der Waals surface area contributed by atoms with E-state index in [4.69, 9.17) is 14.2 Å². The molecule has 2 amide bonds. The van der Waals surface area contributed by atoms with E-state index in [1.165, 1.54) is 17.7 Å². The lowest BCUT2D eigenvalue weighted by atomic mass is 9.65. The highest BCUT2D eigenvalue weighted by molar-refractivity contribution is 5.89. The molecule has 0 spiro atoms. The Labute approximate surface area is 227 Å². The minimum atomic E-state index is -4.42. The Kier molecular flexibility index (Phi) is 7.96. The lowest BCUT2D eigenvalue weighted by Crippen LogP contribution is -2.55. The van der Waals surface area contributed by atoms with Crippen LogP contribution in [0.1, 0.15) is 49.7 Å². The number of fused-ring (bicyclic) bond motifs is 1. The van der Waals surface area contributed by atoms with Crippen molar-refractivity contribution < 1.29 is 32.2 Å². The molecular weight excluding hydrogens is 511 g/mol. The van der Waals surface area contributed by atoms with Gasteiger partial charge >= 0.3 is 12.2 Å². The second-order valence-corrected chi connectivity index (χ2v) is 10.7. The molecule has 3 fully saturated rings. The molecule has 1 saturated carbocycles. The first-order valence-corrected chi connectivity index (χ1v) is 13.5. The number of alkyl halides is 3. The van der Waals surface area contributed by atoms with E-state index in [-0.39, 0.29) is 17.5 Å². The second-order valence-electron chi connectivity index (χ2n) is 10.7. The highest BCUT2D eigenvalue weighted by Gasteiger charge is 2.53. The van der Waals surface area contributed by atoms with Crippen molar-refractivity contribution in [1.82, 2.24) is 10.2 Å². The van der Waals surface area contributed by atoms with Crippen LogP contribution >= 0.6 is 0 Å². The molecule has 2 aromatic rings. The fourth-order valence-electron chi connectivity index (χ4n) is 6.75. The van der Waals surface area contributed by atoms with Crippen LogP contribution in [0.4, 0.5) is 23.7 Å². The van der Waals surface area contributed by atoms with E-state index in [2.05, 4.69) is 27.7 Å². The fourth-order valence-corrected chi connectivity index (χ4v) is 6.75. The van der Waals surface area contributed by atoms with Gasteiger partial charge in [-0.1, -0.05) is 6.07 Å². The van der Waals surface area contributed by atoms with Gasteiger partial charge in [-0.3, -0.25) is 4.90 Å². The highest BCUT2D eigenvalue weighted by atomic mass is 19.4. The first kappa shape index (κ1) is 27.6. The van der Waals surface area contributed by atoms with Gasteiger partial charge in [-0.05, 0) is 87.0 Å². The number of amides is 2. The maximum atomic E-state index is 12.9. The smallest absolute Gasteiger partial charge is 0.416 e. The topological polar surface area (TPSA) is 72.1 Å². The lowest BCUT2D eigenvalue weighted by molar-refractivity contribution is -0.137. The number of carbonyl (C=O) groups excluding carboxylic acids is 1. The largest absolute Gasteiger partial charge is 0.493 e. The van der Waals surface area contributed by atoms with Crippen molar-refractivity contribution in [2.75, 3.05) is 39.3 Å². The van der Waals surface area contributed by atoms with Crippen LogP contribution in [0.3, 0.4) is 0 Å². The van der Waals surface area contributed by atoms with Gasteiger partial charge < -0.3 is 24.8 Å². The molecule has 1 aliphatic carbocycles. The number of methoxy groups -OCH3 is 2. The van der Waals surface area contributed by atoms with Gasteiger partial charge in [-0.2, -0.15) is 13.2 Å². The SMILES string of the molecule is COc1ccc([C@@]23CC[C@H](NC(=O)Nc4ccc(C(F)(F)F)cc4)C[C@H]2N(C2CCOCC2)CC3)cc1OC. The number of carbonyl (C=O) groups is 1. The monoisotopic (exact) mass is 547 g/mol. The molecular formula is C29H36F3N3O4. The number of rotatable bonds is 6. The summed E-state index contributed by atoms with van der Waals surface area (Å²) in [6.45, 7) is 2.50. The Bertz CT molecular complexity index is 1150. The summed E-state index contributed by atoms with van der Waals surface area (Å²) in [5.41, 5.74) is 0.731. The third-order valence-corrected chi connectivity index (χ3v) is 8.72. The van der Waals surface area contributed by atoms with E-state index < -0.39 is 17.8 Å². The zero-order valence-electron chi connectivity index (χ0n) is 22.4. The summed E-state index contributed by atoms with van der Waals surface area (Å²) in [5, 5.41) is 5.78. The second kappa shape index (κ2) is 11.3. The van der Waals surface area contributed by atoms with Crippen LogP contribution in [-0.2, 0) is 16.3 Å². The molecule has 2 heterocycles. The van der Waals surface area contributed by atoms with E-state index in [1.54, 1.807) is 14.2 Å². The molecule has 2 aliphatic heterocycles. The van der Waals surface area contributed by atoms with Gasteiger partial charge in [0, 0.05) is 42.4 Å². The van der Waals surface area contributed by atoms with Crippen LogP contribution < -0.4 is 20.1 Å². The quantitative estimate of drug-likeness (QED) is 0.494. The van der Waals surface area contributed by atoms with Crippen LogP contribution in [0, 0.1) is 0 Å². The van der Waals surface area contributed by atoms with Crippen LogP contribution in [0.2, 0.25) is 0 Å². The highest BCUT2D eigenvalue weighted by Crippen LogP contribution is 2.51. The van der Waals surface area contributed by atoms with E-state index in [0.29, 0.717) is 23.2 Å². The van der Waals surface area contributed by atoms with E-state index >= 15 is 0 Å². The number of anilines is 1. The van der Waals surface area contributed by atoms with Crippen LogP contribution in [0.15, 0.2) is 42.5 Å². The maximum absolute atomic E-state index is 12.9. The predicted molar refractivity (Wildman–Crippen MR) is 141 cm³/mol. The van der Waals surface area contributed by atoms with Crippen LogP contribution in [0.5, 0.6) is 11.5 Å². The number of ether oxygens (including phenoxy) is 3. The zero-order valence-corrected chi connectivity index (χ0v) is 22.4. The summed E-state index contributed by atoms with van der Waals surface area (Å²) in [4.78, 5) is 15.5. The molecule has 3 atom stereocenters. The number of benzene rings is 2. The average Bonchev–Trinajstić information content (AvgIpc) is 3.33. The third kappa shape index (κ3) is 5.68. The predicted octanol–water partition coefficient (Wildman–Crippen LogP) is 5.59. The number of nitrogens with zero attached hydrogens (tertiary/aromatic N) is 1. The normalized spacial score (nSPS) is 26.1. The molecule has 0 radical (unpaired) electrons. The van der Waals surface area contributed by atoms with Crippen molar-refractivity contribution in [2.24, 2.45) is 0 Å². The molecule has 0 unspecified atom stereocenters. The molecule has 39 heavy (non-hydrogen) atoms. The van der Waals surface area contributed by atoms with E-state index in [0.717, 1.165) is 70.4 Å². The molecule has 10 heteroatoms. The Hall–Kier alpha value is -2.98. The molecule has 3 aliphatic rings. The van der Waals surface area contributed by atoms with Crippen molar-refractivity contribution in [3.63, 3.8) is 0 Å². The Morgan fingerprint density at radius 1 is 1.00 bits per heavy atom. The first-order chi connectivity index (χ1) is 18.7. The van der Waals surface area contributed by atoms with E-state index in [9.17, 15) is 18.0 Å². The van der Waals surface area contributed by atoms with Gasteiger partial charge in [0.2, 0.25) is 0 Å². The summed E-state index contributed by atoms with van der Waals surface area (Å²) >= 11 is 0. The van der Waals surface area contributed by atoms with Crippen molar-refractivity contribution in [2.45, 2.75) is 68.2 Å². The molecule has 212 valence electrons. The van der Waals surface area contributed by atoms with Gasteiger partial charge in [0.25, 0.3) is 0 Å². The average molecular weight is 548 g/mol. The maximum Gasteiger partial charge on any atom is 0.416 e. The van der Waals surface area contributed by atoms with Crippen LogP contribution in [-0.4, -0.2) is 63.0 Å². The Morgan fingerprint density at radius 2 is 1.72 bits per heavy atom. The number of hydrogen-bond donors (Lipinski definition) is 2. The number of nitrogens with one attached hydrogen (secondary N) is 2. The summed E-state index contributed by atoms with van der Waals surface area (Å²) in [7, 11) is 3.28. The molecule has 2 N–H and O–H groups in total. The molecule has 2 aromatic carbocycles. The molecule has 0 aromatic heterocycles. The van der Waals surface area contributed by atoms with Crippen molar-refractivity contribution in [3.05, 3.63) is 53.6 Å². The summed E-state index contributed by atoms with van der Waals surface area (Å²) in [6, 6.07) is 10.9. The number of likely N-dealkylation sites (tertiary alicyclic amines) is 1. The van der Waals surface area contributed by atoms with Crippen molar-refractivity contribution in [3.8, 4) is 11.5 Å². The fraction of sp³-hybridized carbons (Fsp3) is 0.552. The van der Waals surface area contributed by atoms with Gasteiger partial charge in [0.05, 0.1) is 19.8 Å². The van der Waals surface area contributed by atoms with Gasteiger partial charge in [-0.25, -0.2) is 4.79 Å². The zero-order chi connectivity index (χ0) is 27.6. The Balaban J connectivity index is 1.33. The van der Waals surface area contributed by atoms with Crippen LogP contribution in [0.25, 0.3) is 0 Å². The third-order valence-electron chi connectivity index (χ3n) is 8.72. The minimum Gasteiger partial charge on any atom is -0.493 e. The van der Waals surface area contributed by atoms with Gasteiger partial charge in [0.1, 0.15) is 0 Å². The Morgan fingerprint density at radius 3 is 2.38 bits per heavy atom. The number of hydrogen-bond acceptors (Lipinski definition) is 5. The van der Waals surface area contributed by atoms with E-state index in [1.807, 2.05) is 6.07 Å². The van der Waals surface area contributed by atoms with Gasteiger partial charge in [-0.15, -0.1) is 0 Å². The van der Waals surface area contributed by atoms with Crippen molar-refractivity contribution in [1.29, 1.82) is 0 Å². The van der Waals surface area contributed by atoms with Gasteiger partial charge in [0.15, 0.2) is 11.5 Å². The first-order valence-electron chi connectivity index (χ1n) is 13.5. The lowest BCUT2D eigenvalue weighted by Gasteiger charge is -2.47. The minimum absolute atomic E-state index is 0.0573. The van der Waals surface area contributed by atoms with Crippen molar-refractivity contribution >= 4 is 11.7 Å². The number of halogens is 3. The summed E-state index contributed by atoms with van der Waals surface area (Å²) in [6.07, 6.45) is 1.07.